The predicted octanol–water partition coefficient (Wildman–Crippen LogP) is 7.23. The Labute approximate surface area is 243 Å². The number of nitrogens with zero attached hydrogens (tertiary/aromatic N) is 2. The molecule has 41 heavy (non-hydrogen) atoms. The van der Waals surface area contributed by atoms with Gasteiger partial charge in [-0.2, -0.15) is 0 Å². The lowest BCUT2D eigenvalue weighted by Crippen LogP contribution is -2.32. The van der Waals surface area contributed by atoms with Crippen LogP contribution in [0.1, 0.15) is 74.1 Å². The number of hydrogen-bond donors (Lipinski definition) is 1. The summed E-state index contributed by atoms with van der Waals surface area (Å²) >= 11 is 0. The second-order valence-corrected chi connectivity index (χ2v) is 12.4. The maximum Gasteiger partial charge on any atom is 0.165 e. The minimum Gasteiger partial charge on any atom is -0.508 e. The fraction of sp³-hybridized carbons (Fsp3) is 0.486. The van der Waals surface area contributed by atoms with E-state index in [1.165, 1.54) is 42.4 Å². The van der Waals surface area contributed by atoms with Crippen molar-refractivity contribution in [2.75, 3.05) is 25.2 Å². The number of phenolic OH excluding ortho intramolecular Hbond substituents is 1. The zero-order valence-electron chi connectivity index (χ0n) is 24.6. The minimum absolute atomic E-state index is 0.198. The van der Waals surface area contributed by atoms with Gasteiger partial charge in [0.15, 0.2) is 11.6 Å². The van der Waals surface area contributed by atoms with Crippen molar-refractivity contribution < 1.29 is 19.0 Å². The Kier molecular flexibility index (Phi) is 8.12. The maximum atomic E-state index is 15.2. The molecule has 0 amide bonds. The van der Waals surface area contributed by atoms with Crippen LogP contribution in [0, 0.1) is 5.82 Å². The van der Waals surface area contributed by atoms with Crippen LogP contribution in [0.2, 0.25) is 0 Å². The van der Waals surface area contributed by atoms with Crippen LogP contribution in [0.15, 0.2) is 54.6 Å². The van der Waals surface area contributed by atoms with E-state index in [1.807, 2.05) is 18.2 Å². The van der Waals surface area contributed by atoms with Crippen LogP contribution >= 0.6 is 0 Å². The van der Waals surface area contributed by atoms with Crippen molar-refractivity contribution in [2.24, 2.45) is 0 Å². The quantitative estimate of drug-likeness (QED) is 0.284. The smallest absolute Gasteiger partial charge is 0.165 e. The monoisotopic (exact) mass is 558 g/mol. The van der Waals surface area contributed by atoms with Crippen LogP contribution in [0.3, 0.4) is 0 Å². The summed E-state index contributed by atoms with van der Waals surface area (Å²) in [5, 5.41) is 9.94. The molecule has 2 bridgehead atoms. The SMILES string of the molecule is COc1ccc([C@@H]2CCc3cc(O)ccc3C2)c(N(Cc2ccc(OCCN3C4CCC3CC4)c(F)c2)C(C)C)c1. The predicted molar refractivity (Wildman–Crippen MR) is 162 cm³/mol. The number of ether oxygens (including phenoxy) is 2. The van der Waals surface area contributed by atoms with Crippen molar-refractivity contribution in [1.29, 1.82) is 0 Å². The van der Waals surface area contributed by atoms with Gasteiger partial charge < -0.3 is 19.5 Å². The summed E-state index contributed by atoms with van der Waals surface area (Å²) < 4.78 is 26.8. The van der Waals surface area contributed by atoms with Crippen molar-refractivity contribution in [3.63, 3.8) is 0 Å². The van der Waals surface area contributed by atoms with Crippen LogP contribution in [-0.4, -0.2) is 48.4 Å². The topological polar surface area (TPSA) is 45.2 Å². The van der Waals surface area contributed by atoms with E-state index >= 15 is 4.39 Å². The van der Waals surface area contributed by atoms with Crippen LogP contribution in [0.25, 0.3) is 0 Å². The molecule has 6 heteroatoms. The van der Waals surface area contributed by atoms with Crippen molar-refractivity contribution in [2.45, 2.75) is 89.4 Å². The van der Waals surface area contributed by atoms with Crippen molar-refractivity contribution in [1.82, 2.24) is 4.90 Å². The molecule has 0 aromatic heterocycles. The molecule has 3 aromatic carbocycles. The van der Waals surface area contributed by atoms with Gasteiger partial charge in [-0.25, -0.2) is 4.39 Å². The molecule has 0 unspecified atom stereocenters. The van der Waals surface area contributed by atoms with E-state index in [2.05, 4.69) is 41.8 Å². The van der Waals surface area contributed by atoms with Crippen LogP contribution < -0.4 is 14.4 Å². The average molecular weight is 559 g/mol. The number of phenols is 1. The molecule has 2 fully saturated rings. The van der Waals surface area contributed by atoms with Gasteiger partial charge >= 0.3 is 0 Å². The fourth-order valence-electron chi connectivity index (χ4n) is 7.40. The van der Waals surface area contributed by atoms with Gasteiger partial charge in [0.25, 0.3) is 0 Å². The average Bonchev–Trinajstić information content (AvgIpc) is 3.55. The molecule has 2 saturated heterocycles. The molecular formula is C35H43FN2O3. The molecule has 0 spiro atoms. The first kappa shape index (κ1) is 27.9. The zero-order valence-corrected chi connectivity index (χ0v) is 24.6. The molecule has 2 aliphatic heterocycles. The lowest BCUT2D eigenvalue weighted by Gasteiger charge is -2.35. The second-order valence-electron chi connectivity index (χ2n) is 12.4. The van der Waals surface area contributed by atoms with E-state index in [4.69, 9.17) is 9.47 Å². The Morgan fingerprint density at radius 3 is 2.44 bits per heavy atom. The molecule has 6 rings (SSSR count). The molecule has 1 N–H and O–H groups in total. The van der Waals surface area contributed by atoms with Crippen molar-refractivity contribution in [3.8, 4) is 17.2 Å². The number of aromatic hydroxyl groups is 1. The third-order valence-corrected chi connectivity index (χ3v) is 9.59. The Morgan fingerprint density at radius 2 is 1.73 bits per heavy atom. The lowest BCUT2D eigenvalue weighted by atomic mass is 9.79. The first-order valence-corrected chi connectivity index (χ1v) is 15.3. The van der Waals surface area contributed by atoms with Gasteiger partial charge in [-0.1, -0.05) is 18.2 Å². The summed E-state index contributed by atoms with van der Waals surface area (Å²) in [7, 11) is 1.70. The fourth-order valence-corrected chi connectivity index (χ4v) is 7.40. The summed E-state index contributed by atoms with van der Waals surface area (Å²) in [6.07, 6.45) is 8.08. The molecule has 3 aliphatic rings. The van der Waals surface area contributed by atoms with Gasteiger partial charge in [0.1, 0.15) is 18.1 Å². The molecule has 3 aromatic rings. The lowest BCUT2D eigenvalue weighted by molar-refractivity contribution is 0.190. The van der Waals surface area contributed by atoms with Gasteiger partial charge in [0, 0.05) is 43.0 Å². The van der Waals surface area contributed by atoms with Gasteiger partial charge in [0.2, 0.25) is 0 Å². The van der Waals surface area contributed by atoms with Gasteiger partial charge in [-0.15, -0.1) is 0 Å². The second kappa shape index (κ2) is 11.9. The normalized spacial score (nSPS) is 21.7. The van der Waals surface area contributed by atoms with E-state index in [1.54, 1.807) is 25.3 Å². The van der Waals surface area contributed by atoms with E-state index in [0.717, 1.165) is 42.8 Å². The Balaban J connectivity index is 1.19. The first-order valence-electron chi connectivity index (χ1n) is 15.3. The number of methoxy groups -OCH3 is 1. The first-order chi connectivity index (χ1) is 19.9. The van der Waals surface area contributed by atoms with Gasteiger partial charge in [-0.05, 0) is 117 Å². The minimum atomic E-state index is -0.298. The third kappa shape index (κ3) is 5.90. The van der Waals surface area contributed by atoms with Gasteiger partial charge in [-0.3, -0.25) is 4.90 Å². The van der Waals surface area contributed by atoms with Crippen LogP contribution in [0.4, 0.5) is 10.1 Å². The number of fused-ring (bicyclic) bond motifs is 3. The van der Waals surface area contributed by atoms with Crippen molar-refractivity contribution in [3.05, 3.63) is 82.7 Å². The van der Waals surface area contributed by atoms with E-state index in [0.29, 0.717) is 42.7 Å². The molecule has 1 atom stereocenters. The number of aryl methyl sites for hydroxylation is 1. The maximum absolute atomic E-state index is 15.2. The molecule has 0 saturated carbocycles. The standard InChI is InChI=1S/C35H43FN2O3/c1-23(2)38(22-24-4-15-35(33(36)18-24)41-17-16-37-28-8-9-29(37)11-10-28)34-21-31(40-3)13-14-32(34)27-6-5-26-20-30(39)12-7-25(26)19-27/h4,7,12-15,18,20-21,23,27-29,39H,5-6,8-11,16-17,19,22H2,1-3H3/t27-,28?,29?/m1/s1. The molecule has 2 heterocycles. The van der Waals surface area contributed by atoms with E-state index in [9.17, 15) is 5.11 Å². The highest BCUT2D eigenvalue weighted by molar-refractivity contribution is 5.60. The Hall–Kier alpha value is -3.25. The number of halogens is 1. The summed E-state index contributed by atoms with van der Waals surface area (Å²) in [5.41, 5.74) is 5.87. The molecule has 5 nitrogen and oxygen atoms in total. The summed E-state index contributed by atoms with van der Waals surface area (Å²) in [4.78, 5) is 4.91. The summed E-state index contributed by atoms with van der Waals surface area (Å²) in [5.74, 6) is 1.55. The molecule has 1 aliphatic carbocycles. The van der Waals surface area contributed by atoms with Crippen LogP contribution in [0.5, 0.6) is 17.2 Å². The third-order valence-electron chi connectivity index (χ3n) is 9.59. The molecule has 0 radical (unpaired) electrons. The highest BCUT2D eigenvalue weighted by Crippen LogP contribution is 2.41. The number of benzene rings is 3. The van der Waals surface area contributed by atoms with E-state index < -0.39 is 0 Å². The summed E-state index contributed by atoms with van der Waals surface area (Å²) in [6, 6.07) is 19.1. The van der Waals surface area contributed by atoms with E-state index in [-0.39, 0.29) is 11.9 Å². The highest BCUT2D eigenvalue weighted by atomic mass is 19.1. The Morgan fingerprint density at radius 1 is 0.951 bits per heavy atom. The van der Waals surface area contributed by atoms with Crippen LogP contribution in [-0.2, 0) is 19.4 Å². The number of hydrogen-bond acceptors (Lipinski definition) is 5. The number of anilines is 1. The molecular weight excluding hydrogens is 515 g/mol. The Bertz CT molecular complexity index is 1360. The highest BCUT2D eigenvalue weighted by Gasteiger charge is 2.38. The van der Waals surface area contributed by atoms with Gasteiger partial charge in [0.05, 0.1) is 7.11 Å². The zero-order chi connectivity index (χ0) is 28.5. The summed E-state index contributed by atoms with van der Waals surface area (Å²) in [6.45, 7) is 6.36. The number of rotatable bonds is 10. The molecule has 218 valence electrons. The largest absolute Gasteiger partial charge is 0.508 e. The van der Waals surface area contributed by atoms with Crippen molar-refractivity contribution >= 4 is 5.69 Å².